The number of esters is 1. The standard InChI is InChI=1S/C30H35FO4/c1-7-34-29(32)15-10-22-9-11-24(16-20(22)2)35-19-21-8-13-27(30(3,4)5)25(17-21)26-18-23(33-6)12-14-28(26)31/h8-9,11-14,16-18H,7,10,15,19H2,1-6H3. The topological polar surface area (TPSA) is 44.8 Å². The maximum Gasteiger partial charge on any atom is 0.306 e. The van der Waals surface area contributed by atoms with Crippen molar-refractivity contribution in [3.05, 3.63) is 82.7 Å². The van der Waals surface area contributed by atoms with E-state index in [2.05, 4.69) is 26.8 Å². The van der Waals surface area contributed by atoms with Crippen LogP contribution in [0.5, 0.6) is 11.5 Å². The van der Waals surface area contributed by atoms with Crippen molar-refractivity contribution in [1.29, 1.82) is 0 Å². The Labute approximate surface area is 208 Å². The summed E-state index contributed by atoms with van der Waals surface area (Å²) in [6.07, 6.45) is 0.993. The molecule has 0 aliphatic heterocycles. The lowest BCUT2D eigenvalue weighted by molar-refractivity contribution is -0.143. The second-order valence-corrected chi connectivity index (χ2v) is 9.66. The van der Waals surface area contributed by atoms with E-state index in [1.165, 1.54) is 6.07 Å². The number of ether oxygens (including phenoxy) is 3. The summed E-state index contributed by atoms with van der Waals surface area (Å²) in [6.45, 7) is 10.9. The lowest BCUT2D eigenvalue weighted by Crippen LogP contribution is -2.13. The van der Waals surface area contributed by atoms with Crippen LogP contribution in [-0.2, 0) is 28.0 Å². The van der Waals surface area contributed by atoms with Gasteiger partial charge in [-0.1, -0.05) is 39.0 Å². The molecule has 0 aliphatic rings. The zero-order valence-electron chi connectivity index (χ0n) is 21.5. The Morgan fingerprint density at radius 1 is 0.943 bits per heavy atom. The Balaban J connectivity index is 1.81. The number of aryl methyl sites for hydroxylation is 2. The smallest absolute Gasteiger partial charge is 0.306 e. The highest BCUT2D eigenvalue weighted by atomic mass is 19.1. The van der Waals surface area contributed by atoms with Crippen LogP contribution in [-0.4, -0.2) is 19.7 Å². The summed E-state index contributed by atoms with van der Waals surface area (Å²) >= 11 is 0. The maximum absolute atomic E-state index is 14.9. The molecule has 0 spiro atoms. The Kier molecular flexibility index (Phi) is 8.55. The lowest BCUT2D eigenvalue weighted by atomic mass is 9.81. The van der Waals surface area contributed by atoms with Crippen LogP contribution in [0.25, 0.3) is 11.1 Å². The fourth-order valence-corrected chi connectivity index (χ4v) is 4.07. The van der Waals surface area contributed by atoms with Crippen molar-refractivity contribution in [2.45, 2.75) is 59.5 Å². The van der Waals surface area contributed by atoms with Crippen LogP contribution in [0.1, 0.15) is 56.4 Å². The van der Waals surface area contributed by atoms with Crippen LogP contribution < -0.4 is 9.47 Å². The number of carbonyl (C=O) groups excluding carboxylic acids is 1. The number of hydrogen-bond donors (Lipinski definition) is 0. The van der Waals surface area contributed by atoms with E-state index >= 15 is 0 Å². The summed E-state index contributed by atoms with van der Waals surface area (Å²) < 4.78 is 31.3. The number of halogens is 1. The van der Waals surface area contributed by atoms with Crippen molar-refractivity contribution < 1.29 is 23.4 Å². The molecule has 3 aromatic rings. The van der Waals surface area contributed by atoms with Crippen molar-refractivity contribution in [2.24, 2.45) is 0 Å². The van der Waals surface area contributed by atoms with Gasteiger partial charge in [0.2, 0.25) is 0 Å². The van der Waals surface area contributed by atoms with Gasteiger partial charge in [-0.15, -0.1) is 0 Å². The minimum absolute atomic E-state index is 0.166. The van der Waals surface area contributed by atoms with Gasteiger partial charge in [0.25, 0.3) is 0 Å². The van der Waals surface area contributed by atoms with Crippen LogP contribution >= 0.6 is 0 Å². The summed E-state index contributed by atoms with van der Waals surface area (Å²) in [5.74, 6) is 0.885. The summed E-state index contributed by atoms with van der Waals surface area (Å²) in [7, 11) is 1.58. The average Bonchev–Trinajstić information content (AvgIpc) is 2.82. The van der Waals surface area contributed by atoms with Crippen molar-refractivity contribution in [3.8, 4) is 22.6 Å². The number of hydrogen-bond acceptors (Lipinski definition) is 4. The molecule has 0 heterocycles. The fraction of sp³-hybridized carbons (Fsp3) is 0.367. The molecule has 0 aliphatic carbocycles. The molecule has 3 aromatic carbocycles. The molecular formula is C30H35FO4. The molecule has 0 bridgehead atoms. The fourth-order valence-electron chi connectivity index (χ4n) is 4.07. The predicted octanol–water partition coefficient (Wildman–Crippen LogP) is 7.18. The van der Waals surface area contributed by atoms with Crippen LogP contribution in [0, 0.1) is 12.7 Å². The molecule has 0 saturated heterocycles. The van der Waals surface area contributed by atoms with Gasteiger partial charge >= 0.3 is 5.97 Å². The van der Waals surface area contributed by atoms with Gasteiger partial charge in [-0.25, -0.2) is 4.39 Å². The Hall–Kier alpha value is -3.34. The first-order chi connectivity index (χ1) is 16.6. The van der Waals surface area contributed by atoms with Crippen LogP contribution in [0.3, 0.4) is 0 Å². The zero-order chi connectivity index (χ0) is 25.6. The maximum atomic E-state index is 14.9. The zero-order valence-corrected chi connectivity index (χ0v) is 21.5. The second kappa shape index (κ2) is 11.4. The number of methoxy groups -OCH3 is 1. The molecule has 4 nitrogen and oxygen atoms in total. The molecule has 0 aromatic heterocycles. The predicted molar refractivity (Wildman–Crippen MR) is 138 cm³/mol. The molecule has 35 heavy (non-hydrogen) atoms. The molecule has 0 fully saturated rings. The van der Waals surface area contributed by atoms with Gasteiger partial charge in [-0.2, -0.15) is 0 Å². The average molecular weight is 479 g/mol. The first-order valence-corrected chi connectivity index (χ1v) is 12.0. The van der Waals surface area contributed by atoms with E-state index in [-0.39, 0.29) is 17.2 Å². The molecule has 5 heteroatoms. The molecule has 0 unspecified atom stereocenters. The van der Waals surface area contributed by atoms with E-state index in [0.717, 1.165) is 33.6 Å². The molecule has 0 N–H and O–H groups in total. The molecule has 186 valence electrons. The summed E-state index contributed by atoms with van der Waals surface area (Å²) in [5.41, 5.74) is 5.33. The normalized spacial score (nSPS) is 11.3. The van der Waals surface area contributed by atoms with E-state index < -0.39 is 0 Å². The third-order valence-corrected chi connectivity index (χ3v) is 5.98. The summed E-state index contributed by atoms with van der Waals surface area (Å²) in [4.78, 5) is 11.6. The van der Waals surface area contributed by atoms with Crippen molar-refractivity contribution in [3.63, 3.8) is 0 Å². The minimum atomic E-state index is -0.289. The van der Waals surface area contributed by atoms with E-state index in [0.29, 0.717) is 37.4 Å². The second-order valence-electron chi connectivity index (χ2n) is 9.66. The van der Waals surface area contributed by atoms with Gasteiger partial charge in [-0.05, 0) is 89.9 Å². The molecule has 0 atom stereocenters. The Bertz CT molecular complexity index is 1180. The van der Waals surface area contributed by atoms with Crippen LogP contribution in [0.4, 0.5) is 4.39 Å². The third kappa shape index (κ3) is 6.84. The van der Waals surface area contributed by atoms with E-state index in [1.54, 1.807) is 19.2 Å². The van der Waals surface area contributed by atoms with Crippen molar-refractivity contribution in [1.82, 2.24) is 0 Å². The number of carbonyl (C=O) groups is 1. The van der Waals surface area contributed by atoms with Gasteiger partial charge < -0.3 is 14.2 Å². The molecule has 0 saturated carbocycles. The highest BCUT2D eigenvalue weighted by molar-refractivity contribution is 5.71. The van der Waals surface area contributed by atoms with Crippen molar-refractivity contribution >= 4 is 5.97 Å². The van der Waals surface area contributed by atoms with Gasteiger partial charge in [0, 0.05) is 12.0 Å². The Morgan fingerprint density at radius 2 is 1.69 bits per heavy atom. The molecule has 3 rings (SSSR count). The van der Waals surface area contributed by atoms with Crippen molar-refractivity contribution in [2.75, 3.05) is 13.7 Å². The summed E-state index contributed by atoms with van der Waals surface area (Å²) in [6, 6.07) is 16.8. The SMILES string of the molecule is CCOC(=O)CCc1ccc(OCc2ccc(C(C)(C)C)c(-c3cc(OC)ccc3F)c2)cc1C. The largest absolute Gasteiger partial charge is 0.497 e. The van der Waals surface area contributed by atoms with Gasteiger partial charge in [0.1, 0.15) is 23.9 Å². The van der Waals surface area contributed by atoms with E-state index in [9.17, 15) is 9.18 Å². The van der Waals surface area contributed by atoms with Crippen LogP contribution in [0.2, 0.25) is 0 Å². The first-order valence-electron chi connectivity index (χ1n) is 12.0. The van der Waals surface area contributed by atoms with Gasteiger partial charge in [-0.3, -0.25) is 4.79 Å². The Morgan fingerprint density at radius 3 is 2.34 bits per heavy atom. The lowest BCUT2D eigenvalue weighted by Gasteiger charge is -2.24. The third-order valence-electron chi connectivity index (χ3n) is 5.98. The minimum Gasteiger partial charge on any atom is -0.497 e. The van der Waals surface area contributed by atoms with Gasteiger partial charge in [0.15, 0.2) is 0 Å². The number of benzene rings is 3. The number of rotatable bonds is 9. The molecule has 0 radical (unpaired) electrons. The van der Waals surface area contributed by atoms with Crippen LogP contribution in [0.15, 0.2) is 54.6 Å². The quantitative estimate of drug-likeness (QED) is 0.306. The van der Waals surface area contributed by atoms with Gasteiger partial charge in [0.05, 0.1) is 13.7 Å². The highest BCUT2D eigenvalue weighted by Gasteiger charge is 2.21. The molecular weight excluding hydrogens is 443 g/mol. The monoisotopic (exact) mass is 478 g/mol. The summed E-state index contributed by atoms with van der Waals surface area (Å²) in [5, 5.41) is 0. The van der Waals surface area contributed by atoms with E-state index in [4.69, 9.17) is 14.2 Å². The van der Waals surface area contributed by atoms with E-state index in [1.807, 2.05) is 44.2 Å². The highest BCUT2D eigenvalue weighted by Crippen LogP contribution is 2.37. The first kappa shape index (κ1) is 26.3. The molecule has 0 amide bonds.